The molecule has 3 rings (SSSR count). The van der Waals surface area contributed by atoms with Crippen molar-refractivity contribution in [1.82, 2.24) is 9.21 Å². The fraction of sp³-hybridized carbons (Fsp3) is 0.571. The zero-order valence-corrected chi connectivity index (χ0v) is 12.1. The van der Waals surface area contributed by atoms with E-state index in [1.165, 1.54) is 9.87 Å². The van der Waals surface area contributed by atoms with Gasteiger partial charge in [-0.05, 0) is 18.4 Å². The zero-order chi connectivity index (χ0) is 13.5. The third-order valence-electron chi connectivity index (χ3n) is 4.48. The van der Waals surface area contributed by atoms with Gasteiger partial charge in [0.15, 0.2) is 0 Å². The van der Waals surface area contributed by atoms with Crippen LogP contribution in [0.25, 0.3) is 0 Å². The molecule has 104 valence electrons. The van der Waals surface area contributed by atoms with Crippen molar-refractivity contribution in [2.75, 3.05) is 26.7 Å². The maximum absolute atomic E-state index is 12.4. The maximum atomic E-state index is 12.4. The van der Waals surface area contributed by atoms with Crippen LogP contribution in [-0.2, 0) is 16.6 Å². The van der Waals surface area contributed by atoms with Gasteiger partial charge in [-0.1, -0.05) is 30.3 Å². The molecule has 2 heterocycles. The molecule has 0 radical (unpaired) electrons. The van der Waals surface area contributed by atoms with E-state index >= 15 is 0 Å². The topological polar surface area (TPSA) is 40.6 Å². The molecule has 0 aliphatic carbocycles. The Morgan fingerprint density at radius 2 is 1.84 bits per heavy atom. The summed E-state index contributed by atoms with van der Waals surface area (Å²) >= 11 is 0. The minimum atomic E-state index is -3.10. The van der Waals surface area contributed by atoms with Crippen molar-refractivity contribution in [3.05, 3.63) is 35.9 Å². The van der Waals surface area contributed by atoms with Crippen molar-refractivity contribution in [1.29, 1.82) is 0 Å². The Morgan fingerprint density at radius 1 is 1.16 bits per heavy atom. The van der Waals surface area contributed by atoms with Crippen LogP contribution < -0.4 is 0 Å². The van der Waals surface area contributed by atoms with Crippen molar-refractivity contribution in [3.8, 4) is 0 Å². The van der Waals surface area contributed by atoms with Crippen LogP contribution in [0.5, 0.6) is 0 Å². The highest BCUT2D eigenvalue weighted by atomic mass is 32.2. The van der Waals surface area contributed by atoms with Gasteiger partial charge in [0.25, 0.3) is 0 Å². The second kappa shape index (κ2) is 4.58. The van der Waals surface area contributed by atoms with Crippen molar-refractivity contribution in [2.24, 2.45) is 0 Å². The van der Waals surface area contributed by atoms with Gasteiger partial charge in [0.1, 0.15) is 4.75 Å². The lowest BCUT2D eigenvalue weighted by atomic mass is 10.0. The largest absolute Gasteiger partial charge is 0.297 e. The van der Waals surface area contributed by atoms with E-state index in [2.05, 4.69) is 17.0 Å². The van der Waals surface area contributed by atoms with Crippen molar-refractivity contribution in [3.63, 3.8) is 0 Å². The van der Waals surface area contributed by atoms with Crippen LogP contribution in [0.15, 0.2) is 30.3 Å². The Balaban J connectivity index is 1.75. The van der Waals surface area contributed by atoms with Gasteiger partial charge < -0.3 is 0 Å². The van der Waals surface area contributed by atoms with Crippen LogP contribution in [0.2, 0.25) is 0 Å². The highest BCUT2D eigenvalue weighted by Gasteiger charge is 2.54. The number of hydrogen-bond donors (Lipinski definition) is 0. The van der Waals surface area contributed by atoms with Gasteiger partial charge in [0.05, 0.1) is 0 Å². The molecular formula is C14H20N2O2S. The number of hydrogen-bond acceptors (Lipinski definition) is 3. The third kappa shape index (κ3) is 2.10. The first-order valence-corrected chi connectivity index (χ1v) is 8.20. The van der Waals surface area contributed by atoms with E-state index < -0.39 is 14.8 Å². The van der Waals surface area contributed by atoms with Gasteiger partial charge in [0, 0.05) is 33.2 Å². The first kappa shape index (κ1) is 13.1. The molecule has 4 nitrogen and oxygen atoms in total. The molecule has 0 N–H and O–H groups in total. The summed E-state index contributed by atoms with van der Waals surface area (Å²) in [5, 5.41) is 0. The molecule has 0 saturated carbocycles. The standard InChI is InChI=1S/C14H20N2O2S/c1-15-9-7-14(19(15,17)18)8-10-16(12-14)11-13-5-3-2-4-6-13/h2-6H,7-12H2,1H3/t14-/m1/s1. The fourth-order valence-electron chi connectivity index (χ4n) is 3.26. The monoisotopic (exact) mass is 280 g/mol. The Kier molecular flexibility index (Phi) is 3.15. The molecule has 1 spiro atoms. The van der Waals surface area contributed by atoms with Crippen molar-refractivity contribution >= 4 is 10.0 Å². The van der Waals surface area contributed by atoms with E-state index in [0.717, 1.165) is 25.9 Å². The quantitative estimate of drug-likeness (QED) is 0.820. The summed E-state index contributed by atoms with van der Waals surface area (Å²) < 4.78 is 25.8. The van der Waals surface area contributed by atoms with Crippen LogP contribution >= 0.6 is 0 Å². The molecule has 2 saturated heterocycles. The molecule has 0 amide bonds. The SMILES string of the molecule is CN1CC[C@]2(CCN(Cc3ccccc3)C2)S1(=O)=O. The first-order valence-electron chi connectivity index (χ1n) is 6.76. The third-order valence-corrected chi connectivity index (χ3v) is 7.12. The van der Waals surface area contributed by atoms with E-state index in [4.69, 9.17) is 0 Å². The van der Waals surface area contributed by atoms with E-state index in [0.29, 0.717) is 13.1 Å². The summed E-state index contributed by atoms with van der Waals surface area (Å²) in [6.07, 6.45) is 1.55. The number of likely N-dealkylation sites (tertiary alicyclic amines) is 1. The average molecular weight is 280 g/mol. The molecule has 2 aliphatic heterocycles. The van der Waals surface area contributed by atoms with Gasteiger partial charge in [-0.25, -0.2) is 12.7 Å². The van der Waals surface area contributed by atoms with E-state index in [9.17, 15) is 8.42 Å². The molecule has 19 heavy (non-hydrogen) atoms. The second-order valence-electron chi connectivity index (χ2n) is 5.71. The molecule has 0 unspecified atom stereocenters. The zero-order valence-electron chi connectivity index (χ0n) is 11.2. The number of benzene rings is 1. The first-order chi connectivity index (χ1) is 9.03. The highest BCUT2D eigenvalue weighted by Crippen LogP contribution is 2.40. The normalized spacial score (nSPS) is 31.2. The summed E-state index contributed by atoms with van der Waals surface area (Å²) in [5.41, 5.74) is 1.25. The molecule has 2 fully saturated rings. The van der Waals surface area contributed by atoms with E-state index in [-0.39, 0.29) is 0 Å². The van der Waals surface area contributed by atoms with Crippen LogP contribution in [0.3, 0.4) is 0 Å². The summed E-state index contributed by atoms with van der Waals surface area (Å²) in [6.45, 7) is 3.07. The van der Waals surface area contributed by atoms with Crippen LogP contribution in [0.4, 0.5) is 0 Å². The summed E-state index contributed by atoms with van der Waals surface area (Å²) in [4.78, 5) is 2.27. The molecule has 1 aromatic rings. The lowest BCUT2D eigenvalue weighted by molar-refractivity contribution is 0.320. The van der Waals surface area contributed by atoms with Crippen LogP contribution in [0.1, 0.15) is 18.4 Å². The fourth-order valence-corrected chi connectivity index (χ4v) is 5.30. The lowest BCUT2D eigenvalue weighted by Gasteiger charge is -2.23. The molecular weight excluding hydrogens is 260 g/mol. The number of sulfonamides is 1. The summed E-state index contributed by atoms with van der Waals surface area (Å²) in [6, 6.07) is 10.3. The van der Waals surface area contributed by atoms with Crippen LogP contribution in [0, 0.1) is 0 Å². The van der Waals surface area contributed by atoms with Gasteiger partial charge in [0.2, 0.25) is 10.0 Å². The summed E-state index contributed by atoms with van der Waals surface area (Å²) in [5.74, 6) is 0. The molecule has 1 aromatic carbocycles. The molecule has 1 atom stereocenters. The van der Waals surface area contributed by atoms with E-state index in [1.54, 1.807) is 7.05 Å². The Morgan fingerprint density at radius 3 is 2.47 bits per heavy atom. The van der Waals surface area contributed by atoms with Gasteiger partial charge in [-0.2, -0.15) is 0 Å². The highest BCUT2D eigenvalue weighted by molar-refractivity contribution is 7.90. The van der Waals surface area contributed by atoms with Crippen molar-refractivity contribution < 1.29 is 8.42 Å². The molecule has 2 aliphatic rings. The van der Waals surface area contributed by atoms with Gasteiger partial charge in [-0.15, -0.1) is 0 Å². The van der Waals surface area contributed by atoms with Gasteiger partial charge in [-0.3, -0.25) is 4.90 Å². The second-order valence-corrected chi connectivity index (χ2v) is 8.15. The maximum Gasteiger partial charge on any atom is 0.220 e. The molecule has 5 heteroatoms. The minimum Gasteiger partial charge on any atom is -0.297 e. The molecule has 0 bridgehead atoms. The smallest absolute Gasteiger partial charge is 0.220 e. The van der Waals surface area contributed by atoms with Crippen LogP contribution in [-0.4, -0.2) is 49.1 Å². The number of rotatable bonds is 2. The predicted molar refractivity (Wildman–Crippen MR) is 75.2 cm³/mol. The molecule has 0 aromatic heterocycles. The lowest BCUT2D eigenvalue weighted by Crippen LogP contribution is -2.40. The van der Waals surface area contributed by atoms with Gasteiger partial charge >= 0.3 is 0 Å². The van der Waals surface area contributed by atoms with Crippen molar-refractivity contribution in [2.45, 2.75) is 24.1 Å². The summed E-state index contributed by atoms with van der Waals surface area (Å²) in [7, 11) is -1.40. The number of nitrogens with zero attached hydrogens (tertiary/aromatic N) is 2. The Labute approximate surface area is 115 Å². The predicted octanol–water partition coefficient (Wildman–Crippen LogP) is 1.30. The Bertz CT molecular complexity index is 558. The van der Waals surface area contributed by atoms with E-state index in [1.807, 2.05) is 18.2 Å². The Hall–Kier alpha value is -0.910. The minimum absolute atomic E-state index is 0.517. The average Bonchev–Trinajstić information content (AvgIpc) is 2.90.